The SMILES string of the molecule is O=C1CC(C#CCCCCCCCCCOCc2ccccc2)O1. The number of ether oxygens (including phenoxy) is 2. The van der Waals surface area contributed by atoms with Crippen LogP contribution in [0.4, 0.5) is 0 Å². The molecule has 1 atom stereocenters. The summed E-state index contributed by atoms with van der Waals surface area (Å²) in [6, 6.07) is 10.3. The maximum Gasteiger partial charge on any atom is 0.311 e. The molecule has 0 bridgehead atoms. The quantitative estimate of drug-likeness (QED) is 0.337. The lowest BCUT2D eigenvalue weighted by Crippen LogP contribution is -2.31. The van der Waals surface area contributed by atoms with Gasteiger partial charge in [0.25, 0.3) is 0 Å². The molecule has 0 amide bonds. The minimum absolute atomic E-state index is 0.124. The molecule has 0 spiro atoms. The molecule has 0 aromatic heterocycles. The fourth-order valence-corrected chi connectivity index (χ4v) is 2.63. The molecular weight excluding hydrogens is 300 g/mol. The number of rotatable bonds is 11. The van der Waals surface area contributed by atoms with Crippen molar-refractivity contribution in [2.45, 2.75) is 70.5 Å². The Morgan fingerprint density at radius 1 is 1.00 bits per heavy atom. The molecule has 1 fully saturated rings. The average Bonchev–Trinajstić information content (AvgIpc) is 2.58. The molecule has 3 heteroatoms. The van der Waals surface area contributed by atoms with Crippen molar-refractivity contribution in [3.63, 3.8) is 0 Å². The lowest BCUT2D eigenvalue weighted by molar-refractivity contribution is -0.163. The van der Waals surface area contributed by atoms with Gasteiger partial charge in [0.05, 0.1) is 13.0 Å². The lowest BCUT2D eigenvalue weighted by atomic mass is 10.1. The fraction of sp³-hybridized carbons (Fsp3) is 0.571. The molecule has 1 aromatic carbocycles. The van der Waals surface area contributed by atoms with Crippen molar-refractivity contribution in [2.24, 2.45) is 0 Å². The van der Waals surface area contributed by atoms with Gasteiger partial charge in [-0.2, -0.15) is 0 Å². The van der Waals surface area contributed by atoms with Crippen molar-refractivity contribution in [1.29, 1.82) is 0 Å². The second kappa shape index (κ2) is 11.7. The minimum Gasteiger partial charge on any atom is -0.448 e. The Labute approximate surface area is 145 Å². The molecule has 0 N–H and O–H groups in total. The Hall–Kier alpha value is -1.79. The Kier molecular flexibility index (Phi) is 9.04. The van der Waals surface area contributed by atoms with Crippen LogP contribution in [0.15, 0.2) is 30.3 Å². The first-order valence-electron chi connectivity index (χ1n) is 9.14. The molecule has 0 saturated carbocycles. The first-order valence-corrected chi connectivity index (χ1v) is 9.14. The van der Waals surface area contributed by atoms with Crippen molar-refractivity contribution >= 4 is 5.97 Å². The lowest BCUT2D eigenvalue weighted by Gasteiger charge is -2.19. The largest absolute Gasteiger partial charge is 0.448 e. The van der Waals surface area contributed by atoms with Gasteiger partial charge >= 0.3 is 5.97 Å². The van der Waals surface area contributed by atoms with E-state index in [-0.39, 0.29) is 12.1 Å². The van der Waals surface area contributed by atoms with Crippen LogP contribution in [0.2, 0.25) is 0 Å². The minimum atomic E-state index is -0.125. The molecule has 1 heterocycles. The van der Waals surface area contributed by atoms with Crippen molar-refractivity contribution < 1.29 is 14.3 Å². The topological polar surface area (TPSA) is 35.5 Å². The van der Waals surface area contributed by atoms with E-state index in [0.29, 0.717) is 6.42 Å². The highest BCUT2D eigenvalue weighted by Crippen LogP contribution is 2.12. The number of benzene rings is 1. The Morgan fingerprint density at radius 3 is 2.38 bits per heavy atom. The molecule has 24 heavy (non-hydrogen) atoms. The number of carbonyl (C=O) groups is 1. The van der Waals surface area contributed by atoms with Gasteiger partial charge in [-0.15, -0.1) is 0 Å². The second-order valence-electron chi connectivity index (χ2n) is 6.27. The van der Waals surface area contributed by atoms with Gasteiger partial charge in [-0.05, 0) is 18.4 Å². The van der Waals surface area contributed by atoms with E-state index in [4.69, 9.17) is 9.47 Å². The molecule has 0 radical (unpaired) electrons. The Balaban J connectivity index is 1.30. The number of esters is 1. The molecular formula is C21H28O3. The van der Waals surface area contributed by atoms with Crippen LogP contribution in [0, 0.1) is 11.8 Å². The van der Waals surface area contributed by atoms with Crippen LogP contribution in [-0.2, 0) is 20.9 Å². The third kappa shape index (κ3) is 8.17. The van der Waals surface area contributed by atoms with E-state index < -0.39 is 0 Å². The third-order valence-corrected chi connectivity index (χ3v) is 4.09. The van der Waals surface area contributed by atoms with Gasteiger partial charge in [-0.3, -0.25) is 4.79 Å². The van der Waals surface area contributed by atoms with E-state index in [2.05, 4.69) is 24.0 Å². The molecule has 1 saturated heterocycles. The highest BCUT2D eigenvalue weighted by molar-refractivity contribution is 5.76. The number of hydrogen-bond donors (Lipinski definition) is 0. The monoisotopic (exact) mass is 328 g/mol. The van der Waals surface area contributed by atoms with Gasteiger partial charge in [-0.1, -0.05) is 74.3 Å². The molecule has 1 aliphatic heterocycles. The fourth-order valence-electron chi connectivity index (χ4n) is 2.63. The van der Waals surface area contributed by atoms with Crippen LogP contribution in [0.25, 0.3) is 0 Å². The van der Waals surface area contributed by atoms with Gasteiger partial charge in [0.15, 0.2) is 6.10 Å². The smallest absolute Gasteiger partial charge is 0.311 e. The summed E-state index contributed by atoms with van der Waals surface area (Å²) in [6.45, 7) is 1.58. The standard InChI is InChI=1S/C21H28O3/c22-21-17-20(24-21)15-11-6-4-2-1-3-5-7-12-16-23-18-19-13-9-8-10-14-19/h8-10,13-14,20H,1-7,12,16-18H2. The first kappa shape index (κ1) is 18.5. The van der Waals surface area contributed by atoms with E-state index in [1.54, 1.807) is 0 Å². The van der Waals surface area contributed by atoms with Gasteiger partial charge in [-0.25, -0.2) is 0 Å². The van der Waals surface area contributed by atoms with Crippen LogP contribution in [0.5, 0.6) is 0 Å². The van der Waals surface area contributed by atoms with E-state index in [9.17, 15) is 4.79 Å². The molecule has 130 valence electrons. The molecule has 1 aromatic rings. The zero-order chi connectivity index (χ0) is 16.9. The summed E-state index contributed by atoms with van der Waals surface area (Å²) in [5.41, 5.74) is 1.25. The highest BCUT2D eigenvalue weighted by atomic mass is 16.6. The normalized spacial score (nSPS) is 16.0. The van der Waals surface area contributed by atoms with Gasteiger partial charge in [0.2, 0.25) is 0 Å². The highest BCUT2D eigenvalue weighted by Gasteiger charge is 2.25. The van der Waals surface area contributed by atoms with Crippen LogP contribution in [0.1, 0.15) is 63.4 Å². The third-order valence-electron chi connectivity index (χ3n) is 4.09. The predicted molar refractivity (Wildman–Crippen MR) is 95.3 cm³/mol. The summed E-state index contributed by atoms with van der Waals surface area (Å²) in [5.74, 6) is 5.96. The Morgan fingerprint density at radius 2 is 1.67 bits per heavy atom. The van der Waals surface area contributed by atoms with Crippen LogP contribution in [0.3, 0.4) is 0 Å². The number of carbonyl (C=O) groups excluding carboxylic acids is 1. The number of unbranched alkanes of at least 4 members (excludes halogenated alkanes) is 7. The number of cyclic esters (lactones) is 1. The molecule has 1 unspecified atom stereocenters. The second-order valence-corrected chi connectivity index (χ2v) is 6.27. The van der Waals surface area contributed by atoms with Crippen LogP contribution >= 0.6 is 0 Å². The van der Waals surface area contributed by atoms with Crippen molar-refractivity contribution in [1.82, 2.24) is 0 Å². The molecule has 3 nitrogen and oxygen atoms in total. The van der Waals surface area contributed by atoms with Gasteiger partial charge < -0.3 is 9.47 Å². The number of hydrogen-bond acceptors (Lipinski definition) is 3. The molecule has 0 aliphatic carbocycles. The van der Waals surface area contributed by atoms with E-state index in [1.165, 1.54) is 37.7 Å². The summed E-state index contributed by atoms with van der Waals surface area (Å²) in [5, 5.41) is 0. The summed E-state index contributed by atoms with van der Waals surface area (Å²) >= 11 is 0. The summed E-state index contributed by atoms with van der Waals surface area (Å²) < 4.78 is 10.5. The maximum atomic E-state index is 10.6. The van der Waals surface area contributed by atoms with Crippen LogP contribution < -0.4 is 0 Å². The van der Waals surface area contributed by atoms with Crippen molar-refractivity contribution in [3.8, 4) is 11.8 Å². The Bertz CT molecular complexity index is 519. The van der Waals surface area contributed by atoms with E-state index >= 15 is 0 Å². The maximum absolute atomic E-state index is 10.6. The van der Waals surface area contributed by atoms with E-state index in [0.717, 1.165) is 32.5 Å². The van der Waals surface area contributed by atoms with Gasteiger partial charge in [0.1, 0.15) is 0 Å². The van der Waals surface area contributed by atoms with Gasteiger partial charge in [0, 0.05) is 13.0 Å². The zero-order valence-corrected chi connectivity index (χ0v) is 14.5. The van der Waals surface area contributed by atoms with E-state index in [1.807, 2.05) is 18.2 Å². The molecule has 1 aliphatic rings. The van der Waals surface area contributed by atoms with Crippen molar-refractivity contribution in [3.05, 3.63) is 35.9 Å². The average molecular weight is 328 g/mol. The summed E-state index contributed by atoms with van der Waals surface area (Å²) in [7, 11) is 0. The summed E-state index contributed by atoms with van der Waals surface area (Å²) in [4.78, 5) is 10.6. The first-order chi connectivity index (χ1) is 11.8. The molecule has 2 rings (SSSR count). The van der Waals surface area contributed by atoms with Crippen molar-refractivity contribution in [2.75, 3.05) is 6.61 Å². The predicted octanol–water partition coefficient (Wildman–Crippen LogP) is 4.64. The van der Waals surface area contributed by atoms with Crippen LogP contribution in [-0.4, -0.2) is 18.7 Å². The summed E-state index contributed by atoms with van der Waals surface area (Å²) in [6.07, 6.45) is 9.93. The zero-order valence-electron chi connectivity index (χ0n) is 14.5.